The third-order valence-corrected chi connectivity index (χ3v) is 7.11. The van der Waals surface area contributed by atoms with Crippen LogP contribution >= 0.6 is 23.2 Å². The molecule has 6 rings (SSSR count). The molecule has 0 aliphatic carbocycles. The van der Waals surface area contributed by atoms with Crippen LogP contribution in [0.2, 0.25) is 10.0 Å². The van der Waals surface area contributed by atoms with Crippen LogP contribution in [0.1, 0.15) is 21.1 Å². The number of hydrogen-bond donors (Lipinski definition) is 1. The number of amides is 2. The van der Waals surface area contributed by atoms with Gasteiger partial charge in [0.05, 0.1) is 0 Å². The van der Waals surface area contributed by atoms with Gasteiger partial charge in [-0.2, -0.15) is 0 Å². The molecule has 9 heteroatoms. The SMILES string of the molecule is O=C(Nc1ccc(N2CCN(C(=O)c3cc4ccccc4o3)CC2)cc1)c1ccc(-c2cc(Cl)cc(Cl)c2)o1. The van der Waals surface area contributed by atoms with Crippen molar-refractivity contribution in [3.05, 3.63) is 106 Å². The van der Waals surface area contributed by atoms with Gasteiger partial charge >= 0.3 is 0 Å². The summed E-state index contributed by atoms with van der Waals surface area (Å²) in [6.07, 6.45) is 0. The lowest BCUT2D eigenvalue weighted by Gasteiger charge is -2.35. The molecule has 7 nitrogen and oxygen atoms in total. The molecular weight excluding hydrogens is 537 g/mol. The lowest BCUT2D eigenvalue weighted by Crippen LogP contribution is -2.48. The van der Waals surface area contributed by atoms with Gasteiger partial charge in [-0.1, -0.05) is 41.4 Å². The van der Waals surface area contributed by atoms with Crippen LogP contribution in [0.25, 0.3) is 22.3 Å². The Bertz CT molecular complexity index is 1610. The smallest absolute Gasteiger partial charge is 0.291 e. The summed E-state index contributed by atoms with van der Waals surface area (Å²) < 4.78 is 11.5. The minimum absolute atomic E-state index is 0.0940. The van der Waals surface area contributed by atoms with E-state index in [1.807, 2.05) is 53.4 Å². The fourth-order valence-corrected chi connectivity index (χ4v) is 5.20. The first-order valence-corrected chi connectivity index (χ1v) is 13.2. The Balaban J connectivity index is 1.05. The molecule has 0 bridgehead atoms. The van der Waals surface area contributed by atoms with E-state index in [1.54, 1.807) is 36.4 Å². The van der Waals surface area contributed by atoms with Crippen molar-refractivity contribution in [3.63, 3.8) is 0 Å². The van der Waals surface area contributed by atoms with Gasteiger partial charge in [0.2, 0.25) is 0 Å². The predicted octanol–water partition coefficient (Wildman–Crippen LogP) is 7.21. The number of carbonyl (C=O) groups is 2. The molecule has 0 atom stereocenters. The van der Waals surface area contributed by atoms with E-state index in [0.717, 1.165) is 11.1 Å². The minimum Gasteiger partial charge on any atom is -0.451 e. The van der Waals surface area contributed by atoms with Crippen molar-refractivity contribution in [3.8, 4) is 11.3 Å². The van der Waals surface area contributed by atoms with Crippen LogP contribution in [-0.2, 0) is 0 Å². The topological polar surface area (TPSA) is 78.9 Å². The van der Waals surface area contributed by atoms with Crippen molar-refractivity contribution >= 4 is 57.4 Å². The third kappa shape index (κ3) is 5.37. The molecular formula is C30H23Cl2N3O4. The number of hydrogen-bond acceptors (Lipinski definition) is 5. The van der Waals surface area contributed by atoms with E-state index >= 15 is 0 Å². The molecule has 0 radical (unpaired) electrons. The number of piperazine rings is 1. The largest absolute Gasteiger partial charge is 0.451 e. The first-order valence-electron chi connectivity index (χ1n) is 12.4. The van der Waals surface area contributed by atoms with Crippen LogP contribution < -0.4 is 10.2 Å². The molecule has 1 N–H and O–H groups in total. The van der Waals surface area contributed by atoms with Crippen LogP contribution in [0.4, 0.5) is 11.4 Å². The van der Waals surface area contributed by atoms with Gasteiger partial charge in [-0.05, 0) is 66.7 Å². The summed E-state index contributed by atoms with van der Waals surface area (Å²) in [6.45, 7) is 2.57. The first kappa shape index (κ1) is 25.1. The molecule has 5 aromatic rings. The summed E-state index contributed by atoms with van der Waals surface area (Å²) in [5, 5.41) is 4.75. The number of rotatable bonds is 5. The molecule has 3 heterocycles. The van der Waals surface area contributed by atoms with Gasteiger partial charge in [0.15, 0.2) is 11.5 Å². The summed E-state index contributed by atoms with van der Waals surface area (Å²) >= 11 is 12.2. The van der Waals surface area contributed by atoms with Gasteiger partial charge < -0.3 is 24.0 Å². The monoisotopic (exact) mass is 559 g/mol. The van der Waals surface area contributed by atoms with Crippen molar-refractivity contribution in [2.75, 3.05) is 36.4 Å². The Morgan fingerprint density at radius 3 is 2.18 bits per heavy atom. The van der Waals surface area contributed by atoms with Gasteiger partial charge in [-0.25, -0.2) is 0 Å². The quantitative estimate of drug-likeness (QED) is 0.246. The van der Waals surface area contributed by atoms with E-state index in [9.17, 15) is 9.59 Å². The highest BCUT2D eigenvalue weighted by Gasteiger charge is 2.25. The number of anilines is 2. The average Bonchev–Trinajstić information content (AvgIpc) is 3.61. The van der Waals surface area contributed by atoms with Crippen molar-refractivity contribution in [2.45, 2.75) is 0 Å². The summed E-state index contributed by atoms with van der Waals surface area (Å²) in [7, 11) is 0. The van der Waals surface area contributed by atoms with E-state index < -0.39 is 0 Å². The maximum absolute atomic E-state index is 12.9. The van der Waals surface area contributed by atoms with Crippen LogP contribution in [0.5, 0.6) is 0 Å². The summed E-state index contributed by atoms with van der Waals surface area (Å²) in [5.41, 5.74) is 3.06. The molecule has 0 saturated carbocycles. The van der Waals surface area contributed by atoms with Gasteiger partial charge in [-0.15, -0.1) is 0 Å². The highest BCUT2D eigenvalue weighted by molar-refractivity contribution is 6.35. The Hall–Kier alpha value is -4.20. The molecule has 0 unspecified atom stereocenters. The molecule has 2 amide bonds. The first-order chi connectivity index (χ1) is 18.9. The number of nitrogens with zero attached hydrogens (tertiary/aromatic N) is 2. The van der Waals surface area contributed by atoms with Gasteiger partial charge in [-0.3, -0.25) is 9.59 Å². The molecule has 1 aliphatic rings. The fraction of sp³-hybridized carbons (Fsp3) is 0.133. The van der Waals surface area contributed by atoms with Gasteiger partial charge in [0.1, 0.15) is 11.3 Å². The maximum Gasteiger partial charge on any atom is 0.291 e. The molecule has 0 spiro atoms. The van der Waals surface area contributed by atoms with Crippen LogP contribution in [0, 0.1) is 0 Å². The van der Waals surface area contributed by atoms with Crippen LogP contribution in [-0.4, -0.2) is 42.9 Å². The lowest BCUT2D eigenvalue weighted by molar-refractivity contribution is 0.0717. The van der Waals surface area contributed by atoms with E-state index in [0.29, 0.717) is 64.6 Å². The van der Waals surface area contributed by atoms with E-state index in [1.165, 1.54) is 0 Å². The standard InChI is InChI=1S/C30H23Cl2N3O4/c31-21-15-20(16-22(32)18-21)26-9-10-27(38-26)29(36)33-23-5-7-24(8-6-23)34-11-13-35(14-12-34)30(37)28-17-19-3-1-2-4-25(19)39-28/h1-10,15-18H,11-14H2,(H,33,36). The van der Waals surface area contributed by atoms with Gasteiger partial charge in [0, 0.05) is 58.5 Å². The summed E-state index contributed by atoms with van der Waals surface area (Å²) in [5.74, 6) is 0.585. The van der Waals surface area contributed by atoms with Crippen LogP contribution in [0.15, 0.2) is 93.8 Å². The Morgan fingerprint density at radius 1 is 0.744 bits per heavy atom. The number of fused-ring (bicyclic) bond motifs is 1. The Morgan fingerprint density at radius 2 is 1.46 bits per heavy atom. The highest BCUT2D eigenvalue weighted by atomic mass is 35.5. The molecule has 3 aromatic carbocycles. The summed E-state index contributed by atoms with van der Waals surface area (Å²) in [4.78, 5) is 29.7. The highest BCUT2D eigenvalue weighted by Crippen LogP contribution is 2.29. The molecule has 1 aliphatic heterocycles. The molecule has 39 heavy (non-hydrogen) atoms. The fourth-order valence-electron chi connectivity index (χ4n) is 4.67. The van der Waals surface area contributed by atoms with Crippen molar-refractivity contribution in [1.82, 2.24) is 4.90 Å². The number of furan rings is 2. The summed E-state index contributed by atoms with van der Waals surface area (Å²) in [6, 6.07) is 25.4. The Labute approximate surface area is 234 Å². The normalized spacial score (nSPS) is 13.6. The zero-order valence-electron chi connectivity index (χ0n) is 20.7. The number of halogens is 2. The van der Waals surface area contributed by atoms with E-state index in [2.05, 4.69) is 10.2 Å². The molecule has 1 fully saturated rings. The van der Waals surface area contributed by atoms with E-state index in [-0.39, 0.29) is 17.6 Å². The average molecular weight is 560 g/mol. The van der Waals surface area contributed by atoms with Crippen molar-refractivity contribution in [2.24, 2.45) is 0 Å². The number of para-hydroxylation sites is 1. The zero-order valence-corrected chi connectivity index (χ0v) is 22.2. The Kier molecular flexibility index (Phi) is 6.77. The third-order valence-electron chi connectivity index (χ3n) is 6.67. The second-order valence-electron chi connectivity index (χ2n) is 9.25. The van der Waals surface area contributed by atoms with Crippen molar-refractivity contribution < 1.29 is 18.4 Å². The van der Waals surface area contributed by atoms with Crippen LogP contribution in [0.3, 0.4) is 0 Å². The second-order valence-corrected chi connectivity index (χ2v) is 10.1. The zero-order chi connectivity index (χ0) is 26.9. The predicted molar refractivity (Wildman–Crippen MR) is 153 cm³/mol. The van der Waals surface area contributed by atoms with Gasteiger partial charge in [0.25, 0.3) is 11.8 Å². The van der Waals surface area contributed by atoms with Crippen molar-refractivity contribution in [1.29, 1.82) is 0 Å². The minimum atomic E-state index is -0.361. The van der Waals surface area contributed by atoms with E-state index in [4.69, 9.17) is 32.0 Å². The number of nitrogens with one attached hydrogen (secondary N) is 1. The maximum atomic E-state index is 12.9. The molecule has 2 aromatic heterocycles. The number of benzene rings is 3. The molecule has 1 saturated heterocycles. The molecule has 196 valence electrons. The lowest BCUT2D eigenvalue weighted by atomic mass is 10.2. The number of carbonyl (C=O) groups excluding carboxylic acids is 2. The second kappa shape index (κ2) is 10.5.